The Morgan fingerprint density at radius 3 is 1.89 bits per heavy atom. The maximum absolute atomic E-state index is 2.49. The summed E-state index contributed by atoms with van der Waals surface area (Å²) in [5.41, 5.74) is 18.2. The van der Waals surface area contributed by atoms with Crippen LogP contribution in [-0.4, -0.2) is 0 Å². The molecule has 61 heavy (non-hydrogen) atoms. The van der Waals surface area contributed by atoms with Crippen LogP contribution in [0.3, 0.4) is 0 Å². The third kappa shape index (κ3) is 5.71. The molecule has 294 valence electrons. The molecule has 0 saturated carbocycles. The molecule has 0 spiro atoms. The zero-order chi connectivity index (χ0) is 41.6. The first-order chi connectivity index (χ1) is 29.6. The van der Waals surface area contributed by atoms with E-state index in [1.165, 1.54) is 120 Å². The van der Waals surface area contributed by atoms with Crippen molar-refractivity contribution in [2.75, 3.05) is 0 Å². The lowest BCUT2D eigenvalue weighted by atomic mass is 9.80. The van der Waals surface area contributed by atoms with Gasteiger partial charge in [-0.1, -0.05) is 185 Å². The standard InChI is InChI=1S/C60H48S/c1-7-8-17-37(2)42-18-11-9-10-12-19-43(45-21-14-13-20-44(42)45)41-28-32-51-50(34-41)46-29-25-39(35-53(46)59(51,3)4)40-26-31-49-54(36-40)60(5,6)52-33-27-38-24-30-48-47-22-15-16-23-55(47)61-58(48)56(38)57(49)52/h7-36H,1-6H3/b8-7-,10-9?,11-9?,12-10?,18-11?,19-12?,37-17+,42-18?,43-19?,44-42?,45-43?. The maximum Gasteiger partial charge on any atom is 0.0440 e. The van der Waals surface area contributed by atoms with Crippen molar-refractivity contribution in [3.63, 3.8) is 0 Å². The minimum atomic E-state index is -0.141. The van der Waals surface area contributed by atoms with Crippen LogP contribution in [0.25, 0.3) is 91.8 Å². The van der Waals surface area contributed by atoms with Gasteiger partial charge in [-0.3, -0.25) is 0 Å². The summed E-state index contributed by atoms with van der Waals surface area (Å²) >= 11 is 1.94. The Bertz CT molecular complexity index is 3430. The first kappa shape index (κ1) is 37.5. The smallest absolute Gasteiger partial charge is 0.0440 e. The second kappa shape index (κ2) is 14.0. The van der Waals surface area contributed by atoms with Gasteiger partial charge < -0.3 is 0 Å². The molecule has 2 aliphatic carbocycles. The molecule has 11 rings (SSSR count). The highest BCUT2D eigenvalue weighted by molar-refractivity contribution is 7.26. The van der Waals surface area contributed by atoms with Gasteiger partial charge >= 0.3 is 0 Å². The van der Waals surface area contributed by atoms with E-state index in [-0.39, 0.29) is 10.8 Å². The van der Waals surface area contributed by atoms with Crippen LogP contribution < -0.4 is 0 Å². The van der Waals surface area contributed by atoms with Gasteiger partial charge in [-0.2, -0.15) is 0 Å². The fourth-order valence-corrected chi connectivity index (χ4v) is 11.9. The van der Waals surface area contributed by atoms with Gasteiger partial charge in [0.05, 0.1) is 0 Å². The van der Waals surface area contributed by atoms with E-state index in [9.17, 15) is 0 Å². The number of rotatable bonds is 4. The van der Waals surface area contributed by atoms with E-state index in [0.717, 1.165) is 0 Å². The second-order valence-corrected chi connectivity index (χ2v) is 19.1. The van der Waals surface area contributed by atoms with Crippen molar-refractivity contribution in [2.45, 2.75) is 52.4 Å². The number of benzene rings is 7. The Hall–Kier alpha value is -6.54. The Morgan fingerprint density at radius 2 is 1.10 bits per heavy atom. The lowest BCUT2D eigenvalue weighted by Crippen LogP contribution is -2.15. The van der Waals surface area contributed by atoms with Crippen LogP contribution in [0.5, 0.6) is 0 Å². The summed E-state index contributed by atoms with van der Waals surface area (Å²) in [5, 5.41) is 7.90. The predicted molar refractivity (Wildman–Crippen MR) is 266 cm³/mol. The Balaban J connectivity index is 1.03. The predicted octanol–water partition coefficient (Wildman–Crippen LogP) is 17.4. The molecule has 0 saturated heterocycles. The van der Waals surface area contributed by atoms with Crippen molar-refractivity contribution in [3.05, 3.63) is 210 Å². The van der Waals surface area contributed by atoms with Gasteiger partial charge in [0.25, 0.3) is 0 Å². The van der Waals surface area contributed by atoms with Crippen molar-refractivity contribution in [1.82, 2.24) is 0 Å². The zero-order valence-electron chi connectivity index (χ0n) is 35.7. The van der Waals surface area contributed by atoms with E-state index in [4.69, 9.17) is 0 Å². The number of hydrogen-bond acceptors (Lipinski definition) is 1. The van der Waals surface area contributed by atoms with E-state index in [1.807, 2.05) is 11.3 Å². The minimum Gasteiger partial charge on any atom is -0.135 e. The number of fused-ring (bicyclic) bond motifs is 13. The lowest BCUT2D eigenvalue weighted by molar-refractivity contribution is 0.660. The summed E-state index contributed by atoms with van der Waals surface area (Å²) in [6, 6.07) is 61.9. The molecule has 1 aromatic heterocycles. The summed E-state index contributed by atoms with van der Waals surface area (Å²) in [7, 11) is 0. The quantitative estimate of drug-likeness (QED) is 0.156. The molecule has 0 fully saturated rings. The average Bonchev–Trinajstić information content (AvgIpc) is 3.85. The molecule has 0 nitrogen and oxygen atoms in total. The van der Waals surface area contributed by atoms with Crippen LogP contribution in [0.2, 0.25) is 0 Å². The zero-order valence-corrected chi connectivity index (χ0v) is 36.5. The summed E-state index contributed by atoms with van der Waals surface area (Å²) in [6.07, 6.45) is 6.42. The van der Waals surface area contributed by atoms with Crippen LogP contribution in [0.15, 0.2) is 182 Å². The molecular weight excluding hydrogens is 753 g/mol. The molecule has 1 heteroatoms. The molecule has 9 aromatic rings. The van der Waals surface area contributed by atoms with Gasteiger partial charge in [-0.05, 0) is 132 Å². The van der Waals surface area contributed by atoms with Gasteiger partial charge in [0.1, 0.15) is 0 Å². The van der Waals surface area contributed by atoms with Gasteiger partial charge in [0.15, 0.2) is 0 Å². The van der Waals surface area contributed by atoms with Crippen LogP contribution in [0.4, 0.5) is 0 Å². The van der Waals surface area contributed by atoms with E-state index in [1.54, 1.807) is 0 Å². The first-order valence-corrected chi connectivity index (χ1v) is 22.4. The molecule has 0 N–H and O–H groups in total. The molecule has 0 radical (unpaired) electrons. The Kier molecular flexibility index (Phi) is 8.61. The summed E-state index contributed by atoms with van der Waals surface area (Å²) < 4.78 is 2.75. The second-order valence-electron chi connectivity index (χ2n) is 18.0. The third-order valence-electron chi connectivity index (χ3n) is 13.8. The molecule has 1 heterocycles. The van der Waals surface area contributed by atoms with Gasteiger partial charge in [-0.15, -0.1) is 11.3 Å². The highest BCUT2D eigenvalue weighted by Crippen LogP contribution is 2.55. The fraction of sp³-hybridized carbons (Fsp3) is 0.133. The fourth-order valence-electron chi connectivity index (χ4n) is 10.6. The van der Waals surface area contributed by atoms with Crippen LogP contribution in [0.1, 0.15) is 69.4 Å². The Morgan fingerprint density at radius 1 is 0.475 bits per heavy atom. The van der Waals surface area contributed by atoms with Gasteiger partial charge in [0.2, 0.25) is 0 Å². The van der Waals surface area contributed by atoms with Crippen LogP contribution >= 0.6 is 11.3 Å². The molecule has 8 aromatic carbocycles. The summed E-state index contributed by atoms with van der Waals surface area (Å²) in [4.78, 5) is 0. The lowest BCUT2D eigenvalue weighted by Gasteiger charge is -2.23. The SMILES string of the molecule is C/C=C\C=C(/C)c1ccccccc(-c2ccc3c(c2)-c2ccc(-c4ccc5c(c4)C(C)(C)c4ccc6ccc7c8ccccc8sc7c6c4-5)cc2C3(C)C)c2ccccc12. The third-order valence-corrected chi connectivity index (χ3v) is 15.0. The van der Waals surface area contributed by atoms with Crippen molar-refractivity contribution in [1.29, 1.82) is 0 Å². The van der Waals surface area contributed by atoms with E-state index >= 15 is 0 Å². The van der Waals surface area contributed by atoms with Crippen molar-refractivity contribution >= 4 is 58.6 Å². The van der Waals surface area contributed by atoms with E-state index < -0.39 is 0 Å². The highest BCUT2D eigenvalue weighted by Gasteiger charge is 2.38. The monoisotopic (exact) mass is 800 g/mol. The number of hydrogen-bond donors (Lipinski definition) is 0. The minimum absolute atomic E-state index is 0.123. The molecule has 0 unspecified atom stereocenters. The van der Waals surface area contributed by atoms with Crippen LogP contribution in [-0.2, 0) is 10.8 Å². The van der Waals surface area contributed by atoms with E-state index in [2.05, 4.69) is 224 Å². The molecular formula is C60H48S. The average molecular weight is 801 g/mol. The number of thiophene rings is 1. The molecule has 0 amide bonds. The first-order valence-electron chi connectivity index (χ1n) is 21.6. The van der Waals surface area contributed by atoms with Crippen LogP contribution in [0, 0.1) is 0 Å². The number of allylic oxidation sites excluding steroid dienone is 4. The molecule has 2 aliphatic rings. The largest absolute Gasteiger partial charge is 0.135 e. The van der Waals surface area contributed by atoms with Crippen molar-refractivity contribution < 1.29 is 0 Å². The summed E-state index contributed by atoms with van der Waals surface area (Å²) in [5.74, 6) is 0. The highest BCUT2D eigenvalue weighted by atomic mass is 32.1. The Labute approximate surface area is 363 Å². The van der Waals surface area contributed by atoms with Crippen molar-refractivity contribution in [2.24, 2.45) is 0 Å². The summed E-state index contributed by atoms with van der Waals surface area (Å²) in [6.45, 7) is 13.9. The topological polar surface area (TPSA) is 0 Å². The van der Waals surface area contributed by atoms with E-state index in [0.29, 0.717) is 0 Å². The molecule has 0 bridgehead atoms. The normalized spacial score (nSPS) is 14.7. The van der Waals surface area contributed by atoms with Crippen molar-refractivity contribution in [3.8, 4) is 44.5 Å². The van der Waals surface area contributed by atoms with Gasteiger partial charge in [0, 0.05) is 36.4 Å². The molecule has 0 atom stereocenters. The maximum atomic E-state index is 2.49. The van der Waals surface area contributed by atoms with Gasteiger partial charge in [-0.25, -0.2) is 0 Å². The molecule has 0 aliphatic heterocycles.